The number of nitrogens with zero attached hydrogens (tertiary/aromatic N) is 1. The molecule has 0 aromatic carbocycles. The zero-order chi connectivity index (χ0) is 12.7. The molecule has 6 nitrogen and oxygen atoms in total. The summed E-state index contributed by atoms with van der Waals surface area (Å²) in [7, 11) is 1.52. The summed E-state index contributed by atoms with van der Waals surface area (Å²) in [6, 6.07) is 2.74. The van der Waals surface area contributed by atoms with Gasteiger partial charge in [-0.05, 0) is 12.5 Å². The molecule has 0 spiro atoms. The Labute approximate surface area is 100 Å². The van der Waals surface area contributed by atoms with Crippen LogP contribution in [0.2, 0.25) is 0 Å². The first-order valence-electron chi connectivity index (χ1n) is 5.38. The van der Waals surface area contributed by atoms with Gasteiger partial charge in [-0.15, -0.1) is 0 Å². The molecule has 0 saturated heterocycles. The van der Waals surface area contributed by atoms with Crippen molar-refractivity contribution in [2.24, 2.45) is 0 Å². The van der Waals surface area contributed by atoms with Crippen molar-refractivity contribution >= 4 is 11.7 Å². The van der Waals surface area contributed by atoms with Crippen molar-refractivity contribution in [3.05, 3.63) is 18.3 Å². The average molecular weight is 239 g/mol. The van der Waals surface area contributed by atoms with Gasteiger partial charge in [-0.2, -0.15) is 0 Å². The Balaban J connectivity index is 2.49. The Kier molecular flexibility index (Phi) is 5.22. The zero-order valence-electron chi connectivity index (χ0n) is 9.93. The van der Waals surface area contributed by atoms with Crippen LogP contribution >= 0.6 is 0 Å². The van der Waals surface area contributed by atoms with Crippen molar-refractivity contribution in [2.75, 3.05) is 19.0 Å². The summed E-state index contributed by atoms with van der Waals surface area (Å²) < 4.78 is 4.90. The summed E-state index contributed by atoms with van der Waals surface area (Å²) >= 11 is 0. The molecule has 0 saturated carbocycles. The molecular weight excluding hydrogens is 222 g/mol. The fourth-order valence-corrected chi connectivity index (χ4v) is 1.20. The van der Waals surface area contributed by atoms with Crippen LogP contribution < -0.4 is 15.4 Å². The van der Waals surface area contributed by atoms with Gasteiger partial charge >= 0.3 is 6.03 Å². The van der Waals surface area contributed by atoms with Crippen LogP contribution in [0.15, 0.2) is 18.3 Å². The van der Waals surface area contributed by atoms with E-state index in [1.165, 1.54) is 13.3 Å². The molecule has 2 amide bonds. The number of methoxy groups -OCH3 is 1. The van der Waals surface area contributed by atoms with E-state index < -0.39 is 0 Å². The summed E-state index contributed by atoms with van der Waals surface area (Å²) in [5.41, 5.74) is 0.566. The van der Waals surface area contributed by atoms with Gasteiger partial charge in [0.15, 0.2) is 0 Å². The maximum atomic E-state index is 11.5. The summed E-state index contributed by atoms with van der Waals surface area (Å²) in [4.78, 5) is 15.5. The van der Waals surface area contributed by atoms with E-state index in [2.05, 4.69) is 15.6 Å². The monoisotopic (exact) mass is 239 g/mol. The van der Waals surface area contributed by atoms with Gasteiger partial charge in [-0.3, -0.25) is 0 Å². The van der Waals surface area contributed by atoms with Gasteiger partial charge in [0.05, 0.1) is 31.6 Å². The summed E-state index contributed by atoms with van der Waals surface area (Å²) in [6.07, 6.45) is 2.17. The van der Waals surface area contributed by atoms with Crippen molar-refractivity contribution in [2.45, 2.75) is 19.4 Å². The molecule has 94 valence electrons. The highest BCUT2D eigenvalue weighted by molar-refractivity contribution is 5.89. The van der Waals surface area contributed by atoms with Gasteiger partial charge in [0.1, 0.15) is 0 Å². The molecule has 3 N–H and O–H groups in total. The molecule has 1 aromatic rings. The van der Waals surface area contributed by atoms with Crippen LogP contribution in [0.5, 0.6) is 5.88 Å². The van der Waals surface area contributed by atoms with Crippen LogP contribution in [0.4, 0.5) is 10.5 Å². The first kappa shape index (κ1) is 13.2. The van der Waals surface area contributed by atoms with Gasteiger partial charge in [0.25, 0.3) is 0 Å². The Bertz CT molecular complexity index is 349. The van der Waals surface area contributed by atoms with Gasteiger partial charge in [-0.1, -0.05) is 6.92 Å². The Morgan fingerprint density at radius 3 is 2.82 bits per heavy atom. The lowest BCUT2D eigenvalue weighted by Gasteiger charge is -2.14. The SMILES string of the molecule is CC[C@@H](CO)NC(=O)Nc1ccc(OC)nc1. The number of ether oxygens (including phenoxy) is 1. The number of amides is 2. The smallest absolute Gasteiger partial charge is 0.319 e. The van der Waals surface area contributed by atoms with Gasteiger partial charge < -0.3 is 20.5 Å². The van der Waals surface area contributed by atoms with E-state index in [0.29, 0.717) is 18.0 Å². The fourth-order valence-electron chi connectivity index (χ4n) is 1.20. The minimum absolute atomic E-state index is 0.0786. The van der Waals surface area contributed by atoms with Gasteiger partial charge in [0.2, 0.25) is 5.88 Å². The van der Waals surface area contributed by atoms with Crippen molar-refractivity contribution in [1.82, 2.24) is 10.3 Å². The number of carbonyl (C=O) groups is 1. The Hall–Kier alpha value is -1.82. The number of anilines is 1. The highest BCUT2D eigenvalue weighted by Crippen LogP contribution is 2.10. The number of hydrogen-bond donors (Lipinski definition) is 3. The molecule has 0 aliphatic rings. The van der Waals surface area contributed by atoms with E-state index in [1.807, 2.05) is 6.92 Å². The standard InChI is InChI=1S/C11H17N3O3/c1-3-8(7-15)13-11(16)14-9-4-5-10(17-2)12-6-9/h4-6,8,15H,3,7H2,1-2H3,(H2,13,14,16)/t8-/m0/s1. The molecule has 1 aromatic heterocycles. The van der Waals surface area contributed by atoms with Crippen molar-refractivity contribution in [1.29, 1.82) is 0 Å². The molecule has 0 bridgehead atoms. The predicted molar refractivity (Wildman–Crippen MR) is 64.1 cm³/mol. The van der Waals surface area contributed by atoms with Crippen molar-refractivity contribution in [3.63, 3.8) is 0 Å². The molecule has 17 heavy (non-hydrogen) atoms. The van der Waals surface area contributed by atoms with Crippen LogP contribution in [0.1, 0.15) is 13.3 Å². The summed E-state index contributed by atoms with van der Waals surface area (Å²) in [5, 5.41) is 14.2. The molecule has 1 atom stereocenters. The minimum Gasteiger partial charge on any atom is -0.481 e. The third-order valence-corrected chi connectivity index (χ3v) is 2.25. The highest BCUT2D eigenvalue weighted by Gasteiger charge is 2.08. The van der Waals surface area contributed by atoms with Crippen LogP contribution in [0.25, 0.3) is 0 Å². The molecule has 1 heterocycles. The lowest BCUT2D eigenvalue weighted by molar-refractivity contribution is 0.222. The van der Waals surface area contributed by atoms with Crippen LogP contribution in [-0.2, 0) is 0 Å². The Morgan fingerprint density at radius 1 is 1.59 bits per heavy atom. The largest absolute Gasteiger partial charge is 0.481 e. The quantitative estimate of drug-likeness (QED) is 0.715. The first-order chi connectivity index (χ1) is 8.19. The number of aromatic nitrogens is 1. The normalized spacial score (nSPS) is 11.7. The number of hydrogen-bond acceptors (Lipinski definition) is 4. The van der Waals surface area contributed by atoms with Crippen molar-refractivity contribution in [3.8, 4) is 5.88 Å². The second-order valence-electron chi connectivity index (χ2n) is 3.48. The minimum atomic E-state index is -0.363. The number of aliphatic hydroxyl groups is 1. The summed E-state index contributed by atoms with van der Waals surface area (Å²) in [6.45, 7) is 1.81. The average Bonchev–Trinajstić information content (AvgIpc) is 2.37. The molecule has 0 unspecified atom stereocenters. The van der Waals surface area contributed by atoms with E-state index in [0.717, 1.165) is 0 Å². The van der Waals surface area contributed by atoms with Gasteiger partial charge in [-0.25, -0.2) is 9.78 Å². The number of pyridine rings is 1. The molecular formula is C11H17N3O3. The molecule has 0 aliphatic carbocycles. The molecule has 0 aliphatic heterocycles. The lowest BCUT2D eigenvalue weighted by Crippen LogP contribution is -2.39. The molecule has 0 radical (unpaired) electrons. The molecule has 0 fully saturated rings. The van der Waals surface area contributed by atoms with E-state index >= 15 is 0 Å². The third-order valence-electron chi connectivity index (χ3n) is 2.25. The summed E-state index contributed by atoms with van der Waals surface area (Å²) in [5.74, 6) is 0.484. The van der Waals surface area contributed by atoms with Crippen molar-refractivity contribution < 1.29 is 14.6 Å². The second-order valence-corrected chi connectivity index (χ2v) is 3.48. The molecule has 1 rings (SSSR count). The number of rotatable bonds is 5. The molecule has 6 heteroatoms. The number of nitrogens with one attached hydrogen (secondary N) is 2. The third kappa shape index (κ3) is 4.28. The maximum absolute atomic E-state index is 11.5. The second kappa shape index (κ2) is 6.70. The van der Waals surface area contributed by atoms with E-state index in [9.17, 15) is 4.79 Å². The van der Waals surface area contributed by atoms with Gasteiger partial charge in [0, 0.05) is 6.07 Å². The Morgan fingerprint density at radius 2 is 2.35 bits per heavy atom. The highest BCUT2D eigenvalue weighted by atomic mass is 16.5. The van der Waals surface area contributed by atoms with Crippen LogP contribution in [0.3, 0.4) is 0 Å². The van der Waals surface area contributed by atoms with E-state index in [4.69, 9.17) is 9.84 Å². The first-order valence-corrected chi connectivity index (χ1v) is 5.38. The fraction of sp³-hybridized carbons (Fsp3) is 0.455. The zero-order valence-corrected chi connectivity index (χ0v) is 9.93. The van der Waals surface area contributed by atoms with Crippen LogP contribution in [0, 0.1) is 0 Å². The number of urea groups is 1. The number of carbonyl (C=O) groups excluding carboxylic acids is 1. The predicted octanol–water partition coefficient (Wildman–Crippen LogP) is 0.983. The maximum Gasteiger partial charge on any atom is 0.319 e. The van der Waals surface area contributed by atoms with E-state index in [1.54, 1.807) is 12.1 Å². The topological polar surface area (TPSA) is 83.5 Å². The van der Waals surface area contributed by atoms with E-state index in [-0.39, 0.29) is 18.7 Å². The lowest BCUT2D eigenvalue weighted by atomic mass is 10.2. The van der Waals surface area contributed by atoms with Crippen LogP contribution in [-0.4, -0.2) is 35.9 Å². The number of aliphatic hydroxyl groups excluding tert-OH is 1.